The van der Waals surface area contributed by atoms with Crippen LogP contribution < -0.4 is 5.32 Å². The molecule has 0 aromatic heterocycles. The first-order valence-electron chi connectivity index (χ1n) is 5.55. The maximum atomic E-state index is 11.9. The molecule has 2 unspecified atom stereocenters. The van der Waals surface area contributed by atoms with Gasteiger partial charge < -0.3 is 5.32 Å². The summed E-state index contributed by atoms with van der Waals surface area (Å²) in [7, 11) is 1.62. The second-order valence-corrected chi connectivity index (χ2v) is 4.42. The number of Topliss-reactive ketones (excluding diaryl/α,β-unsaturated/α-hetero) is 1. The molecule has 2 rings (SSSR count). The summed E-state index contributed by atoms with van der Waals surface area (Å²) in [6.45, 7) is 2.01. The Morgan fingerprint density at radius 1 is 1.53 bits per heavy atom. The molecule has 90 valence electrons. The highest BCUT2D eigenvalue weighted by Crippen LogP contribution is 2.41. The van der Waals surface area contributed by atoms with Crippen LogP contribution in [0, 0.1) is 22.0 Å². The van der Waals surface area contributed by atoms with E-state index in [1.165, 1.54) is 6.07 Å². The van der Waals surface area contributed by atoms with Crippen LogP contribution in [0.15, 0.2) is 18.2 Å². The second-order valence-electron chi connectivity index (χ2n) is 4.42. The van der Waals surface area contributed by atoms with E-state index in [4.69, 9.17) is 0 Å². The Morgan fingerprint density at radius 2 is 2.18 bits per heavy atom. The number of nitrogens with one attached hydrogen (secondary N) is 1. The minimum absolute atomic E-state index is 0.0169. The number of carbonyl (C=O) groups is 1. The maximum Gasteiger partial charge on any atom is 0.293 e. The van der Waals surface area contributed by atoms with Crippen molar-refractivity contribution in [1.82, 2.24) is 0 Å². The summed E-state index contributed by atoms with van der Waals surface area (Å²) in [5.41, 5.74) is 0.812. The zero-order valence-electron chi connectivity index (χ0n) is 9.77. The van der Waals surface area contributed by atoms with E-state index in [0.717, 1.165) is 6.42 Å². The first kappa shape index (κ1) is 11.6. The molecule has 0 radical (unpaired) electrons. The molecule has 5 heteroatoms. The van der Waals surface area contributed by atoms with Gasteiger partial charge in [0.25, 0.3) is 5.69 Å². The van der Waals surface area contributed by atoms with Crippen LogP contribution in [0.2, 0.25) is 0 Å². The number of hydrogen-bond acceptors (Lipinski definition) is 4. The number of benzene rings is 1. The number of ketones is 1. The topological polar surface area (TPSA) is 72.2 Å². The van der Waals surface area contributed by atoms with Crippen molar-refractivity contribution in [3.63, 3.8) is 0 Å². The molecule has 0 heterocycles. The predicted octanol–water partition coefficient (Wildman–Crippen LogP) is 2.48. The molecule has 0 saturated heterocycles. The van der Waals surface area contributed by atoms with E-state index in [2.05, 4.69) is 5.32 Å². The van der Waals surface area contributed by atoms with Crippen LogP contribution in [-0.2, 0) is 0 Å². The van der Waals surface area contributed by atoms with E-state index < -0.39 is 4.92 Å². The SMILES string of the molecule is CNc1ccc(C(=O)C2CC2C)cc1[N+](=O)[O-]. The number of nitro groups is 1. The second kappa shape index (κ2) is 4.16. The Hall–Kier alpha value is -1.91. The lowest BCUT2D eigenvalue weighted by atomic mass is 10.0. The first-order valence-corrected chi connectivity index (χ1v) is 5.55. The zero-order chi connectivity index (χ0) is 12.6. The highest BCUT2D eigenvalue weighted by molar-refractivity contribution is 6.00. The minimum Gasteiger partial charge on any atom is -0.383 e. The van der Waals surface area contributed by atoms with Crippen LogP contribution in [-0.4, -0.2) is 17.8 Å². The van der Waals surface area contributed by atoms with Gasteiger partial charge in [-0.1, -0.05) is 6.92 Å². The third kappa shape index (κ3) is 2.13. The van der Waals surface area contributed by atoms with Gasteiger partial charge in [-0.15, -0.1) is 0 Å². The van der Waals surface area contributed by atoms with Crippen molar-refractivity contribution in [3.05, 3.63) is 33.9 Å². The van der Waals surface area contributed by atoms with E-state index in [1.54, 1.807) is 19.2 Å². The highest BCUT2D eigenvalue weighted by atomic mass is 16.6. The normalized spacial score (nSPS) is 22.0. The minimum atomic E-state index is -0.473. The standard InChI is InChI=1S/C12H14N2O3/c1-7-5-9(7)12(15)8-3-4-10(13-2)11(6-8)14(16)17/h3-4,6-7,9,13H,5H2,1-2H3. The number of hydrogen-bond donors (Lipinski definition) is 1. The Bertz CT molecular complexity index is 485. The van der Waals surface area contributed by atoms with Crippen molar-refractivity contribution in [2.75, 3.05) is 12.4 Å². The maximum absolute atomic E-state index is 11.9. The van der Waals surface area contributed by atoms with Gasteiger partial charge in [-0.25, -0.2) is 0 Å². The monoisotopic (exact) mass is 234 g/mol. The fraction of sp³-hybridized carbons (Fsp3) is 0.417. The lowest BCUT2D eigenvalue weighted by molar-refractivity contribution is -0.384. The van der Waals surface area contributed by atoms with Gasteiger partial charge in [0.05, 0.1) is 4.92 Å². The van der Waals surface area contributed by atoms with E-state index in [9.17, 15) is 14.9 Å². The summed E-state index contributed by atoms with van der Waals surface area (Å²) < 4.78 is 0. The summed E-state index contributed by atoms with van der Waals surface area (Å²) in [4.78, 5) is 22.3. The van der Waals surface area contributed by atoms with Crippen LogP contribution in [0.4, 0.5) is 11.4 Å². The third-order valence-corrected chi connectivity index (χ3v) is 3.19. The summed E-state index contributed by atoms with van der Waals surface area (Å²) in [6.07, 6.45) is 0.889. The number of nitrogens with zero attached hydrogens (tertiary/aromatic N) is 1. The molecule has 1 fully saturated rings. The van der Waals surface area contributed by atoms with Crippen LogP contribution >= 0.6 is 0 Å². The zero-order valence-corrected chi connectivity index (χ0v) is 9.77. The average molecular weight is 234 g/mol. The highest BCUT2D eigenvalue weighted by Gasteiger charge is 2.39. The third-order valence-electron chi connectivity index (χ3n) is 3.19. The van der Waals surface area contributed by atoms with Crippen LogP contribution in [0.5, 0.6) is 0 Å². The van der Waals surface area contributed by atoms with Crippen molar-refractivity contribution in [3.8, 4) is 0 Å². The smallest absolute Gasteiger partial charge is 0.293 e. The van der Waals surface area contributed by atoms with Gasteiger partial charge in [0.15, 0.2) is 5.78 Å². The molecule has 0 spiro atoms. The molecule has 1 aromatic rings. The Morgan fingerprint density at radius 3 is 2.65 bits per heavy atom. The quantitative estimate of drug-likeness (QED) is 0.493. The van der Waals surface area contributed by atoms with Gasteiger partial charge >= 0.3 is 0 Å². The van der Waals surface area contributed by atoms with Crippen molar-refractivity contribution in [1.29, 1.82) is 0 Å². The Kier molecular flexibility index (Phi) is 2.83. The largest absolute Gasteiger partial charge is 0.383 e. The molecule has 2 atom stereocenters. The molecule has 0 bridgehead atoms. The average Bonchev–Trinajstić information content (AvgIpc) is 3.04. The molecule has 1 aliphatic rings. The molecule has 1 aromatic carbocycles. The molecule has 1 saturated carbocycles. The number of rotatable bonds is 4. The lowest BCUT2D eigenvalue weighted by Gasteiger charge is -2.04. The van der Waals surface area contributed by atoms with Gasteiger partial charge in [-0.3, -0.25) is 14.9 Å². The van der Waals surface area contributed by atoms with Crippen molar-refractivity contribution < 1.29 is 9.72 Å². The molecular formula is C12H14N2O3. The fourth-order valence-corrected chi connectivity index (χ4v) is 1.95. The molecule has 1 N–H and O–H groups in total. The van der Waals surface area contributed by atoms with Crippen LogP contribution in [0.3, 0.4) is 0 Å². The first-order chi connectivity index (χ1) is 8.04. The number of nitro benzene ring substituents is 1. The lowest BCUT2D eigenvalue weighted by Crippen LogP contribution is -2.05. The van der Waals surface area contributed by atoms with Gasteiger partial charge in [-0.05, 0) is 24.5 Å². The van der Waals surface area contributed by atoms with E-state index in [-0.39, 0.29) is 17.4 Å². The Balaban J connectivity index is 2.33. The van der Waals surface area contributed by atoms with E-state index in [0.29, 0.717) is 17.2 Å². The van der Waals surface area contributed by atoms with Gasteiger partial charge in [0, 0.05) is 24.6 Å². The van der Waals surface area contributed by atoms with Crippen LogP contribution in [0.25, 0.3) is 0 Å². The van der Waals surface area contributed by atoms with Crippen molar-refractivity contribution in [2.45, 2.75) is 13.3 Å². The number of carbonyl (C=O) groups excluding carboxylic acids is 1. The fourth-order valence-electron chi connectivity index (χ4n) is 1.95. The van der Waals surface area contributed by atoms with E-state index in [1.807, 2.05) is 6.92 Å². The Labute approximate surface area is 99.0 Å². The van der Waals surface area contributed by atoms with Crippen LogP contribution in [0.1, 0.15) is 23.7 Å². The molecule has 0 aliphatic heterocycles. The summed E-state index contributed by atoms with van der Waals surface area (Å²) in [6, 6.07) is 4.59. The number of anilines is 1. The van der Waals surface area contributed by atoms with Gasteiger partial charge in [0.1, 0.15) is 5.69 Å². The molecule has 17 heavy (non-hydrogen) atoms. The van der Waals surface area contributed by atoms with E-state index >= 15 is 0 Å². The van der Waals surface area contributed by atoms with Crippen molar-refractivity contribution in [2.24, 2.45) is 11.8 Å². The van der Waals surface area contributed by atoms with Gasteiger partial charge in [0.2, 0.25) is 0 Å². The summed E-state index contributed by atoms with van der Waals surface area (Å²) >= 11 is 0. The summed E-state index contributed by atoms with van der Waals surface area (Å²) in [5.74, 6) is 0.476. The van der Waals surface area contributed by atoms with Crippen molar-refractivity contribution >= 4 is 17.2 Å². The predicted molar refractivity (Wildman–Crippen MR) is 64.2 cm³/mol. The summed E-state index contributed by atoms with van der Waals surface area (Å²) in [5, 5.41) is 13.6. The van der Waals surface area contributed by atoms with Gasteiger partial charge in [-0.2, -0.15) is 0 Å². The molecule has 1 aliphatic carbocycles. The molecular weight excluding hydrogens is 220 g/mol. The molecule has 5 nitrogen and oxygen atoms in total. The molecule has 0 amide bonds.